The van der Waals surface area contributed by atoms with Gasteiger partial charge in [0, 0.05) is 50.6 Å². The van der Waals surface area contributed by atoms with Crippen molar-refractivity contribution in [3.8, 4) is 0 Å². The summed E-state index contributed by atoms with van der Waals surface area (Å²) in [5.41, 5.74) is 4.08. The summed E-state index contributed by atoms with van der Waals surface area (Å²) in [4.78, 5) is 26.8. The molecule has 0 saturated heterocycles. The van der Waals surface area contributed by atoms with Gasteiger partial charge in [0.25, 0.3) is 5.91 Å². The monoisotopic (exact) mass is 496 g/mol. The van der Waals surface area contributed by atoms with Crippen molar-refractivity contribution in [2.45, 2.75) is 46.5 Å². The van der Waals surface area contributed by atoms with Crippen LogP contribution in [0, 0.1) is 18.2 Å². The molecule has 4 nitrogen and oxygen atoms in total. The Labute approximate surface area is 196 Å². The van der Waals surface area contributed by atoms with Gasteiger partial charge < -0.3 is 10.6 Å². The van der Waals surface area contributed by atoms with Gasteiger partial charge in [-0.15, -0.1) is 0 Å². The van der Waals surface area contributed by atoms with Gasteiger partial charge in [-0.05, 0) is 56.0 Å². The van der Waals surface area contributed by atoms with E-state index in [1.807, 2.05) is 52.0 Å². The average molecular weight is 497 g/mol. The van der Waals surface area contributed by atoms with Crippen LogP contribution in [0.2, 0.25) is 0 Å². The maximum Gasteiger partial charge on any atom is 0.254 e. The second-order valence-corrected chi connectivity index (χ2v) is 10.3. The van der Waals surface area contributed by atoms with Gasteiger partial charge in [0.15, 0.2) is 5.78 Å². The van der Waals surface area contributed by atoms with Crippen LogP contribution in [0.4, 0.5) is 10.1 Å². The molecule has 0 radical (unpaired) electrons. The molecule has 166 valence electrons. The third-order valence-corrected chi connectivity index (χ3v) is 6.56. The highest BCUT2D eigenvalue weighted by Crippen LogP contribution is 2.47. The molecule has 0 saturated carbocycles. The molecule has 0 fully saturated rings. The van der Waals surface area contributed by atoms with Crippen LogP contribution in [-0.2, 0) is 9.59 Å². The molecule has 2 aromatic rings. The summed E-state index contributed by atoms with van der Waals surface area (Å²) in [5.74, 6) is -1.63. The molecule has 2 aliphatic rings. The number of halogens is 2. The number of anilines is 1. The third-order valence-electron chi connectivity index (χ3n) is 6.06. The summed E-state index contributed by atoms with van der Waals surface area (Å²) < 4.78 is 15.8. The molecule has 32 heavy (non-hydrogen) atoms. The minimum atomic E-state index is -0.780. The van der Waals surface area contributed by atoms with Gasteiger partial charge in [0.05, 0.1) is 0 Å². The Bertz CT molecular complexity index is 1180. The van der Waals surface area contributed by atoms with Crippen LogP contribution in [0.5, 0.6) is 0 Å². The zero-order chi connectivity index (χ0) is 23.2. The lowest BCUT2D eigenvalue weighted by atomic mass is 9.68. The third kappa shape index (κ3) is 4.29. The number of dihydropyridines is 1. The van der Waals surface area contributed by atoms with Crippen molar-refractivity contribution in [1.82, 2.24) is 5.32 Å². The van der Waals surface area contributed by atoms with E-state index in [9.17, 15) is 9.59 Å². The van der Waals surface area contributed by atoms with Crippen molar-refractivity contribution in [3.63, 3.8) is 0 Å². The fraction of sp³-hybridized carbons (Fsp3) is 0.308. The minimum absolute atomic E-state index is 0.0544. The zero-order valence-electron chi connectivity index (χ0n) is 18.6. The summed E-state index contributed by atoms with van der Waals surface area (Å²) in [6.07, 6.45) is 1.01. The molecular formula is C26H26BrFN2O2. The van der Waals surface area contributed by atoms with Gasteiger partial charge in [0.2, 0.25) is 0 Å². The number of Topliss-reactive ketones (excluding diaryl/α,β-unsaturated/α-hetero) is 1. The van der Waals surface area contributed by atoms with Gasteiger partial charge >= 0.3 is 0 Å². The zero-order valence-corrected chi connectivity index (χ0v) is 20.2. The summed E-state index contributed by atoms with van der Waals surface area (Å²) in [6.45, 7) is 7.87. The summed E-state index contributed by atoms with van der Waals surface area (Å²) >= 11 is 3.42. The minimum Gasteiger partial charge on any atom is -0.362 e. The largest absolute Gasteiger partial charge is 0.362 e. The Morgan fingerprint density at radius 1 is 1.12 bits per heavy atom. The second kappa shape index (κ2) is 8.32. The number of carbonyl (C=O) groups excluding carboxylic acids is 2. The van der Waals surface area contributed by atoms with Crippen LogP contribution in [0.15, 0.2) is 69.5 Å². The molecule has 1 heterocycles. The molecular weight excluding hydrogens is 471 g/mol. The SMILES string of the molecule is CC1=C(C(=O)Nc2ccc(C)cc2)C(c2cc(Br)ccc2F)C2=C(CC(C)(C)CC2=O)N1. The normalized spacial score (nSPS) is 20.1. The second-order valence-electron chi connectivity index (χ2n) is 9.42. The number of ketones is 1. The number of hydrogen-bond acceptors (Lipinski definition) is 3. The molecule has 0 aromatic heterocycles. The van der Waals surface area contributed by atoms with Crippen LogP contribution in [-0.4, -0.2) is 11.7 Å². The van der Waals surface area contributed by atoms with Crippen molar-refractivity contribution >= 4 is 33.3 Å². The van der Waals surface area contributed by atoms with Crippen LogP contribution in [0.1, 0.15) is 50.7 Å². The van der Waals surface area contributed by atoms with Crippen LogP contribution in [0.3, 0.4) is 0 Å². The number of amides is 1. The van der Waals surface area contributed by atoms with Crippen molar-refractivity contribution in [1.29, 1.82) is 0 Å². The topological polar surface area (TPSA) is 58.2 Å². The lowest BCUT2D eigenvalue weighted by Crippen LogP contribution is -2.39. The number of aryl methyl sites for hydroxylation is 1. The molecule has 0 spiro atoms. The first-order valence-electron chi connectivity index (χ1n) is 10.6. The number of hydrogen-bond donors (Lipinski definition) is 2. The van der Waals surface area contributed by atoms with E-state index in [0.29, 0.717) is 45.4 Å². The number of benzene rings is 2. The summed E-state index contributed by atoms with van der Waals surface area (Å²) in [5, 5.41) is 6.23. The Hall–Kier alpha value is -2.73. The molecule has 6 heteroatoms. The van der Waals surface area contributed by atoms with Crippen molar-refractivity contribution in [3.05, 3.63) is 86.4 Å². The molecule has 4 rings (SSSR count). The Balaban J connectivity index is 1.84. The number of rotatable bonds is 3. The predicted octanol–water partition coefficient (Wildman–Crippen LogP) is 6.14. The van der Waals surface area contributed by atoms with E-state index in [1.54, 1.807) is 12.1 Å². The average Bonchev–Trinajstić information content (AvgIpc) is 2.69. The van der Waals surface area contributed by atoms with Gasteiger partial charge in [0.1, 0.15) is 5.82 Å². The molecule has 1 aliphatic heterocycles. The molecule has 2 N–H and O–H groups in total. The molecule has 2 aromatic carbocycles. The predicted molar refractivity (Wildman–Crippen MR) is 128 cm³/mol. The first-order chi connectivity index (χ1) is 15.1. The number of nitrogens with one attached hydrogen (secondary N) is 2. The highest BCUT2D eigenvalue weighted by Gasteiger charge is 2.43. The van der Waals surface area contributed by atoms with Gasteiger partial charge in [-0.25, -0.2) is 4.39 Å². The Kier molecular flexibility index (Phi) is 5.84. The van der Waals surface area contributed by atoms with Crippen molar-refractivity contribution in [2.24, 2.45) is 5.41 Å². The lowest BCUT2D eigenvalue weighted by Gasteiger charge is -2.39. The van der Waals surface area contributed by atoms with Gasteiger partial charge in [-0.1, -0.05) is 47.5 Å². The van der Waals surface area contributed by atoms with E-state index in [2.05, 4.69) is 26.6 Å². The van der Waals surface area contributed by atoms with Crippen LogP contribution >= 0.6 is 15.9 Å². The number of allylic oxidation sites excluding steroid dienone is 3. The fourth-order valence-electron chi connectivity index (χ4n) is 4.62. The maximum absolute atomic E-state index is 15.1. The maximum atomic E-state index is 15.1. The highest BCUT2D eigenvalue weighted by atomic mass is 79.9. The molecule has 1 atom stereocenters. The molecule has 0 bridgehead atoms. The first kappa shape index (κ1) is 22.5. The standard InChI is InChI=1S/C26H26BrFN2O2/c1-14-5-8-17(9-6-14)30-25(32)22-15(2)29-20-12-26(3,4)13-21(31)24(20)23(22)18-11-16(27)7-10-19(18)28/h5-11,23,29H,12-13H2,1-4H3,(H,30,32). The van der Waals surface area contributed by atoms with Crippen LogP contribution in [0.25, 0.3) is 0 Å². The smallest absolute Gasteiger partial charge is 0.254 e. The summed E-state index contributed by atoms with van der Waals surface area (Å²) in [7, 11) is 0. The molecule has 1 unspecified atom stereocenters. The molecule has 1 aliphatic carbocycles. The Morgan fingerprint density at radius 2 is 1.81 bits per heavy atom. The van der Waals surface area contributed by atoms with Crippen molar-refractivity contribution < 1.29 is 14.0 Å². The van der Waals surface area contributed by atoms with E-state index < -0.39 is 11.7 Å². The fourth-order valence-corrected chi connectivity index (χ4v) is 5.00. The quantitative estimate of drug-likeness (QED) is 0.536. The molecule has 1 amide bonds. The van der Waals surface area contributed by atoms with E-state index >= 15 is 4.39 Å². The van der Waals surface area contributed by atoms with Crippen LogP contribution < -0.4 is 10.6 Å². The van der Waals surface area contributed by atoms with Gasteiger partial charge in [-0.2, -0.15) is 0 Å². The Morgan fingerprint density at radius 3 is 2.50 bits per heavy atom. The van der Waals surface area contributed by atoms with Crippen molar-refractivity contribution in [2.75, 3.05) is 5.32 Å². The highest BCUT2D eigenvalue weighted by molar-refractivity contribution is 9.10. The lowest BCUT2D eigenvalue weighted by molar-refractivity contribution is -0.118. The van der Waals surface area contributed by atoms with E-state index in [4.69, 9.17) is 0 Å². The summed E-state index contributed by atoms with van der Waals surface area (Å²) in [6, 6.07) is 12.1. The first-order valence-corrected chi connectivity index (χ1v) is 11.4. The van der Waals surface area contributed by atoms with E-state index in [1.165, 1.54) is 6.07 Å². The number of carbonyl (C=O) groups is 2. The van der Waals surface area contributed by atoms with Gasteiger partial charge in [-0.3, -0.25) is 9.59 Å². The van der Waals surface area contributed by atoms with E-state index in [0.717, 1.165) is 11.3 Å². The van der Waals surface area contributed by atoms with E-state index in [-0.39, 0.29) is 17.1 Å².